The minimum atomic E-state index is -4.05. The Balaban J connectivity index is 1.80. The molecule has 1 N–H and O–H groups in total. The van der Waals surface area contributed by atoms with E-state index >= 15 is 0 Å². The third-order valence-electron chi connectivity index (χ3n) is 4.09. The Bertz CT molecular complexity index is 795. The maximum Gasteiger partial charge on any atom is 0.248 e. The van der Waals surface area contributed by atoms with E-state index in [0.717, 1.165) is 12.1 Å². The molecule has 1 aromatic carbocycles. The molecule has 2 amide bonds. The summed E-state index contributed by atoms with van der Waals surface area (Å²) in [5.41, 5.74) is 0. The highest BCUT2D eigenvalue weighted by Gasteiger charge is 2.24. The van der Waals surface area contributed by atoms with Crippen LogP contribution in [0.1, 0.15) is 6.42 Å². The highest BCUT2D eigenvalue weighted by molar-refractivity contribution is 7.89. The maximum atomic E-state index is 13.2. The van der Waals surface area contributed by atoms with Crippen LogP contribution < -0.4 is 4.72 Å². The van der Waals surface area contributed by atoms with Crippen molar-refractivity contribution in [3.8, 4) is 0 Å². The number of carbonyl (C=O) groups excluding carboxylic acids is 2. The molecule has 0 bridgehead atoms. The molecule has 0 unspecified atom stereocenters. The first-order valence-corrected chi connectivity index (χ1v) is 9.72. The van der Waals surface area contributed by atoms with Crippen molar-refractivity contribution >= 4 is 21.8 Å². The lowest BCUT2D eigenvalue weighted by molar-refractivity contribution is -0.141. The predicted octanol–water partition coefficient (Wildman–Crippen LogP) is -0.0496. The second-order valence-corrected chi connectivity index (χ2v) is 7.69. The van der Waals surface area contributed by atoms with Crippen LogP contribution in [-0.4, -0.2) is 76.5 Å². The van der Waals surface area contributed by atoms with Gasteiger partial charge in [0, 0.05) is 46.3 Å². The van der Waals surface area contributed by atoms with Gasteiger partial charge < -0.3 is 14.5 Å². The van der Waals surface area contributed by atoms with Gasteiger partial charge in [-0.15, -0.1) is 0 Å². The van der Waals surface area contributed by atoms with Gasteiger partial charge in [-0.25, -0.2) is 21.9 Å². The number of methoxy groups -OCH3 is 1. The lowest BCUT2D eigenvalue weighted by atomic mass is 10.2. The number of nitrogens with one attached hydrogen (secondary N) is 1. The number of benzene rings is 1. The van der Waals surface area contributed by atoms with Crippen molar-refractivity contribution in [2.24, 2.45) is 0 Å². The lowest BCUT2D eigenvalue weighted by Crippen LogP contribution is -2.51. The topological polar surface area (TPSA) is 96.0 Å². The predicted molar refractivity (Wildman–Crippen MR) is 91.2 cm³/mol. The van der Waals surface area contributed by atoms with Crippen LogP contribution >= 0.6 is 0 Å². The third kappa shape index (κ3) is 5.68. The van der Waals surface area contributed by atoms with Crippen molar-refractivity contribution in [3.63, 3.8) is 0 Å². The van der Waals surface area contributed by atoms with Gasteiger partial charge in [0.1, 0.15) is 6.61 Å². The average molecular weight is 405 g/mol. The fourth-order valence-electron chi connectivity index (χ4n) is 2.60. The van der Waals surface area contributed by atoms with Crippen LogP contribution in [-0.2, 0) is 24.3 Å². The van der Waals surface area contributed by atoms with Crippen LogP contribution in [0.3, 0.4) is 0 Å². The molecule has 2 rings (SSSR count). The van der Waals surface area contributed by atoms with Crippen LogP contribution in [0.4, 0.5) is 8.78 Å². The third-order valence-corrected chi connectivity index (χ3v) is 5.54. The van der Waals surface area contributed by atoms with Gasteiger partial charge in [0.25, 0.3) is 0 Å². The lowest BCUT2D eigenvalue weighted by Gasteiger charge is -2.34. The van der Waals surface area contributed by atoms with E-state index < -0.39 is 26.6 Å². The minimum Gasteiger partial charge on any atom is -0.375 e. The summed E-state index contributed by atoms with van der Waals surface area (Å²) in [6.45, 7) is 1.28. The molecule has 0 spiro atoms. The van der Waals surface area contributed by atoms with Gasteiger partial charge >= 0.3 is 0 Å². The molecule has 0 saturated carbocycles. The summed E-state index contributed by atoms with van der Waals surface area (Å²) in [5, 5.41) is 0. The number of ether oxygens (including phenoxy) is 1. The van der Waals surface area contributed by atoms with Crippen molar-refractivity contribution in [1.82, 2.24) is 14.5 Å². The van der Waals surface area contributed by atoms with Crippen molar-refractivity contribution in [2.45, 2.75) is 11.3 Å². The van der Waals surface area contributed by atoms with Gasteiger partial charge in [-0.1, -0.05) is 0 Å². The molecule has 1 fully saturated rings. The normalized spacial score (nSPS) is 15.1. The van der Waals surface area contributed by atoms with Crippen LogP contribution in [0.2, 0.25) is 0 Å². The second-order valence-electron chi connectivity index (χ2n) is 5.92. The first-order valence-electron chi connectivity index (χ1n) is 8.24. The molecule has 1 aliphatic heterocycles. The fraction of sp³-hybridized carbons (Fsp3) is 0.500. The van der Waals surface area contributed by atoms with Gasteiger partial charge in [-0.3, -0.25) is 9.59 Å². The van der Waals surface area contributed by atoms with Gasteiger partial charge in [0.05, 0.1) is 4.90 Å². The molecule has 1 heterocycles. The van der Waals surface area contributed by atoms with Gasteiger partial charge in [-0.05, 0) is 18.2 Å². The Morgan fingerprint density at radius 2 is 1.67 bits per heavy atom. The molecule has 1 aliphatic rings. The average Bonchev–Trinajstić information content (AvgIpc) is 2.64. The molecule has 0 atom stereocenters. The molecule has 8 nitrogen and oxygen atoms in total. The number of hydrogen-bond acceptors (Lipinski definition) is 5. The Kier molecular flexibility index (Phi) is 7.22. The monoisotopic (exact) mass is 405 g/mol. The van der Waals surface area contributed by atoms with Gasteiger partial charge in [0.2, 0.25) is 21.8 Å². The zero-order chi connectivity index (χ0) is 20.0. The molecule has 1 aromatic rings. The summed E-state index contributed by atoms with van der Waals surface area (Å²) >= 11 is 0. The van der Waals surface area contributed by atoms with E-state index in [9.17, 15) is 26.8 Å². The van der Waals surface area contributed by atoms with Crippen LogP contribution in [0.5, 0.6) is 0 Å². The zero-order valence-electron chi connectivity index (χ0n) is 14.8. The molecule has 0 radical (unpaired) electrons. The highest BCUT2D eigenvalue weighted by atomic mass is 32.2. The first-order chi connectivity index (χ1) is 12.7. The first kappa shape index (κ1) is 21.2. The summed E-state index contributed by atoms with van der Waals surface area (Å²) in [6.07, 6.45) is -0.0884. The molecule has 0 aliphatic carbocycles. The number of amides is 2. The molecular weight excluding hydrogens is 384 g/mol. The number of halogens is 2. The van der Waals surface area contributed by atoms with E-state index in [1.165, 1.54) is 7.11 Å². The molecule has 27 heavy (non-hydrogen) atoms. The summed E-state index contributed by atoms with van der Waals surface area (Å²) in [6, 6.07) is 2.24. The van der Waals surface area contributed by atoms with Crippen LogP contribution in [0.15, 0.2) is 23.1 Å². The van der Waals surface area contributed by atoms with E-state index in [1.54, 1.807) is 9.80 Å². The number of carbonyl (C=O) groups is 2. The van der Waals surface area contributed by atoms with E-state index in [4.69, 9.17) is 4.74 Å². The number of rotatable bonds is 7. The zero-order valence-corrected chi connectivity index (χ0v) is 15.6. The summed E-state index contributed by atoms with van der Waals surface area (Å²) in [4.78, 5) is 26.6. The van der Waals surface area contributed by atoms with Crippen molar-refractivity contribution in [2.75, 3.05) is 46.4 Å². The highest BCUT2D eigenvalue weighted by Crippen LogP contribution is 2.13. The molecule has 150 valence electrons. The summed E-state index contributed by atoms with van der Waals surface area (Å²) in [5.74, 6) is -2.83. The quantitative estimate of drug-likeness (QED) is 0.686. The number of piperazine rings is 1. The standard InChI is InChI=1S/C16H21F2N3O5S/c1-26-11-16(23)21-8-6-20(7-9-21)15(22)4-5-19-27(24,25)12-2-3-13(17)14(18)10-12/h2-3,10,19H,4-9,11H2,1H3. The van der Waals surface area contributed by atoms with Crippen LogP contribution in [0, 0.1) is 11.6 Å². The number of sulfonamides is 1. The minimum absolute atomic E-state index is 0.0142. The molecular formula is C16H21F2N3O5S. The molecule has 1 saturated heterocycles. The van der Waals surface area contributed by atoms with E-state index in [0.29, 0.717) is 32.2 Å². The Hall–Kier alpha value is -2.11. The van der Waals surface area contributed by atoms with Crippen molar-refractivity contribution in [3.05, 3.63) is 29.8 Å². The Morgan fingerprint density at radius 3 is 2.22 bits per heavy atom. The maximum absolute atomic E-state index is 13.2. The van der Waals surface area contributed by atoms with E-state index in [1.807, 2.05) is 0 Å². The number of hydrogen-bond donors (Lipinski definition) is 1. The van der Waals surface area contributed by atoms with Gasteiger partial charge in [0.15, 0.2) is 11.6 Å². The van der Waals surface area contributed by atoms with Crippen molar-refractivity contribution in [1.29, 1.82) is 0 Å². The van der Waals surface area contributed by atoms with E-state index in [2.05, 4.69) is 4.72 Å². The van der Waals surface area contributed by atoms with Crippen molar-refractivity contribution < 1.29 is 31.5 Å². The Labute approximate surface area is 156 Å². The number of nitrogens with zero attached hydrogens (tertiary/aromatic N) is 2. The van der Waals surface area contributed by atoms with Gasteiger partial charge in [-0.2, -0.15) is 0 Å². The molecule has 0 aromatic heterocycles. The summed E-state index contributed by atoms with van der Waals surface area (Å²) < 4.78 is 57.2. The SMILES string of the molecule is COCC(=O)N1CCN(C(=O)CCNS(=O)(=O)c2ccc(F)c(F)c2)CC1. The Morgan fingerprint density at radius 1 is 1.07 bits per heavy atom. The fourth-order valence-corrected chi connectivity index (χ4v) is 3.64. The van der Waals surface area contributed by atoms with Crippen LogP contribution in [0.25, 0.3) is 0 Å². The van der Waals surface area contributed by atoms with E-state index in [-0.39, 0.29) is 31.4 Å². The second kappa shape index (κ2) is 9.20. The largest absolute Gasteiger partial charge is 0.375 e. The smallest absolute Gasteiger partial charge is 0.248 e. The molecule has 11 heteroatoms. The summed E-state index contributed by atoms with van der Waals surface area (Å²) in [7, 11) is -2.62.